The van der Waals surface area contributed by atoms with Crippen LogP contribution in [-0.4, -0.2) is 91.0 Å². The predicted molar refractivity (Wildman–Crippen MR) is 141 cm³/mol. The van der Waals surface area contributed by atoms with Gasteiger partial charge in [-0.1, -0.05) is 19.1 Å². The molecule has 1 aromatic heterocycles. The summed E-state index contributed by atoms with van der Waals surface area (Å²) in [7, 11) is 0. The van der Waals surface area contributed by atoms with Crippen LogP contribution in [0.1, 0.15) is 11.9 Å². The zero-order valence-electron chi connectivity index (χ0n) is 19.9. The zero-order valence-corrected chi connectivity index (χ0v) is 20.8. The first-order valence-electron chi connectivity index (χ1n) is 12.3. The molecule has 2 saturated heterocycles. The Morgan fingerprint density at radius 3 is 2.26 bits per heavy atom. The van der Waals surface area contributed by atoms with Crippen molar-refractivity contribution in [1.29, 1.82) is 0 Å². The van der Waals surface area contributed by atoms with Crippen LogP contribution in [0.5, 0.6) is 0 Å². The normalized spacial score (nSPS) is 18.4. The van der Waals surface area contributed by atoms with Crippen LogP contribution in [0.3, 0.4) is 0 Å². The van der Waals surface area contributed by atoms with E-state index in [0.29, 0.717) is 6.54 Å². The second kappa shape index (κ2) is 10.8. The first kappa shape index (κ1) is 23.2. The largest absolute Gasteiger partial charge is 0.369 e. The molecule has 3 heterocycles. The smallest absolute Gasteiger partial charge is 0.238 e. The number of thiazole rings is 1. The maximum atomic E-state index is 12.6. The summed E-state index contributed by atoms with van der Waals surface area (Å²) in [5.74, 6) is 0.0592. The highest BCUT2D eigenvalue weighted by Gasteiger charge is 2.20. The van der Waals surface area contributed by atoms with Crippen LogP contribution in [0.2, 0.25) is 0 Å². The number of nitrogens with zero attached hydrogens (tertiary/aromatic N) is 5. The SMILES string of the molecule is CCN1CCN(c2ccc(NC(=O)CN3CCN(Cc4nc5ccccc5s4)CC3)cc2)CC1. The lowest BCUT2D eigenvalue weighted by atomic mass is 10.2. The number of anilines is 2. The number of benzene rings is 2. The van der Waals surface area contributed by atoms with Gasteiger partial charge in [0.25, 0.3) is 0 Å². The number of para-hydroxylation sites is 1. The van der Waals surface area contributed by atoms with Crippen LogP contribution in [-0.2, 0) is 11.3 Å². The van der Waals surface area contributed by atoms with Crippen molar-refractivity contribution < 1.29 is 4.79 Å². The predicted octanol–water partition coefficient (Wildman–Crippen LogP) is 3.19. The third-order valence-corrected chi connectivity index (χ3v) is 7.89. The monoisotopic (exact) mass is 478 g/mol. The summed E-state index contributed by atoms with van der Waals surface area (Å²) in [6.07, 6.45) is 0. The minimum atomic E-state index is 0.0592. The number of rotatable bonds is 7. The van der Waals surface area contributed by atoms with E-state index >= 15 is 0 Å². The van der Waals surface area contributed by atoms with Crippen molar-refractivity contribution in [3.8, 4) is 0 Å². The molecule has 3 aromatic rings. The van der Waals surface area contributed by atoms with E-state index in [1.165, 1.54) is 15.4 Å². The maximum Gasteiger partial charge on any atom is 0.238 e. The Hall–Kier alpha value is -2.52. The van der Waals surface area contributed by atoms with Crippen molar-refractivity contribution in [3.63, 3.8) is 0 Å². The number of carbonyl (C=O) groups excluding carboxylic acids is 1. The Morgan fingerprint density at radius 1 is 0.882 bits per heavy atom. The van der Waals surface area contributed by atoms with Gasteiger partial charge in [-0.25, -0.2) is 4.98 Å². The number of nitrogens with one attached hydrogen (secondary N) is 1. The number of piperazine rings is 2. The molecule has 2 aliphatic rings. The third-order valence-electron chi connectivity index (χ3n) is 6.86. The van der Waals surface area contributed by atoms with E-state index < -0.39 is 0 Å². The molecule has 0 bridgehead atoms. The minimum absolute atomic E-state index is 0.0592. The van der Waals surface area contributed by atoms with Gasteiger partial charge in [0.1, 0.15) is 5.01 Å². The van der Waals surface area contributed by atoms with Crippen LogP contribution in [0.25, 0.3) is 10.2 Å². The molecule has 0 radical (unpaired) electrons. The van der Waals surface area contributed by atoms with E-state index in [2.05, 4.69) is 62.2 Å². The lowest BCUT2D eigenvalue weighted by Gasteiger charge is -2.35. The molecule has 0 spiro atoms. The molecule has 1 N–H and O–H groups in total. The first-order chi connectivity index (χ1) is 16.7. The number of fused-ring (bicyclic) bond motifs is 1. The van der Waals surface area contributed by atoms with Gasteiger partial charge in [-0.2, -0.15) is 0 Å². The van der Waals surface area contributed by atoms with Gasteiger partial charge in [-0.3, -0.25) is 14.6 Å². The van der Waals surface area contributed by atoms with Gasteiger partial charge in [0.2, 0.25) is 5.91 Å². The highest BCUT2D eigenvalue weighted by atomic mass is 32.1. The number of carbonyl (C=O) groups is 1. The van der Waals surface area contributed by atoms with E-state index in [9.17, 15) is 4.79 Å². The Labute approximate surface area is 206 Å². The molecule has 7 nitrogen and oxygen atoms in total. The number of amides is 1. The molecule has 0 atom stereocenters. The number of likely N-dealkylation sites (N-methyl/N-ethyl adjacent to an activating group) is 1. The van der Waals surface area contributed by atoms with Crippen molar-refractivity contribution in [3.05, 3.63) is 53.5 Å². The summed E-state index contributed by atoms with van der Waals surface area (Å²) in [6, 6.07) is 16.6. The van der Waals surface area contributed by atoms with Crippen molar-refractivity contribution in [1.82, 2.24) is 19.7 Å². The summed E-state index contributed by atoms with van der Waals surface area (Å²) in [5.41, 5.74) is 3.19. The molecule has 2 fully saturated rings. The number of hydrogen-bond acceptors (Lipinski definition) is 7. The van der Waals surface area contributed by atoms with E-state index in [0.717, 1.165) is 76.7 Å². The van der Waals surface area contributed by atoms with Gasteiger partial charge < -0.3 is 15.1 Å². The van der Waals surface area contributed by atoms with Crippen LogP contribution in [0.4, 0.5) is 11.4 Å². The Morgan fingerprint density at radius 2 is 1.56 bits per heavy atom. The average Bonchev–Trinajstić information content (AvgIpc) is 3.28. The topological polar surface area (TPSA) is 55.0 Å². The summed E-state index contributed by atoms with van der Waals surface area (Å²) in [5, 5.41) is 4.24. The van der Waals surface area contributed by atoms with Crippen molar-refractivity contribution in [2.45, 2.75) is 13.5 Å². The molecule has 2 aliphatic heterocycles. The highest BCUT2D eigenvalue weighted by molar-refractivity contribution is 7.18. The van der Waals surface area contributed by atoms with Gasteiger partial charge in [0.05, 0.1) is 23.3 Å². The summed E-state index contributed by atoms with van der Waals surface area (Å²) < 4.78 is 1.25. The van der Waals surface area contributed by atoms with Crippen LogP contribution < -0.4 is 10.2 Å². The second-order valence-corrected chi connectivity index (χ2v) is 10.3. The molecule has 34 heavy (non-hydrogen) atoms. The fourth-order valence-electron chi connectivity index (χ4n) is 4.77. The average molecular weight is 479 g/mol. The second-order valence-electron chi connectivity index (χ2n) is 9.14. The molecule has 2 aromatic carbocycles. The Bertz CT molecular complexity index is 1050. The van der Waals surface area contributed by atoms with Crippen LogP contribution >= 0.6 is 11.3 Å². The number of aromatic nitrogens is 1. The summed E-state index contributed by atoms with van der Waals surface area (Å²) in [6.45, 7) is 12.7. The molecule has 8 heteroatoms. The van der Waals surface area contributed by atoms with Crippen molar-refractivity contribution in [2.24, 2.45) is 0 Å². The summed E-state index contributed by atoms with van der Waals surface area (Å²) >= 11 is 1.78. The Balaban J connectivity index is 1.05. The highest BCUT2D eigenvalue weighted by Crippen LogP contribution is 2.23. The minimum Gasteiger partial charge on any atom is -0.369 e. The molecular formula is C26H34N6OS. The van der Waals surface area contributed by atoms with Gasteiger partial charge in [-0.05, 0) is 42.9 Å². The molecule has 1 amide bonds. The molecular weight excluding hydrogens is 444 g/mol. The van der Waals surface area contributed by atoms with Crippen LogP contribution in [0, 0.1) is 0 Å². The molecule has 180 valence electrons. The molecule has 0 saturated carbocycles. The fraction of sp³-hybridized carbons (Fsp3) is 0.462. The number of hydrogen-bond donors (Lipinski definition) is 1. The molecule has 0 aliphatic carbocycles. The van der Waals surface area contributed by atoms with E-state index in [-0.39, 0.29) is 5.91 Å². The quantitative estimate of drug-likeness (QED) is 0.563. The lowest BCUT2D eigenvalue weighted by molar-refractivity contribution is -0.117. The van der Waals surface area contributed by atoms with Crippen molar-refractivity contribution in [2.75, 3.05) is 75.7 Å². The standard InChI is InChI=1S/C26H34N6OS/c1-2-29-15-17-32(18-16-29)22-9-7-21(8-10-22)27-25(33)19-30-11-13-31(14-12-30)20-26-28-23-5-3-4-6-24(23)34-26/h3-10H,2,11-20H2,1H3,(H,27,33). The lowest BCUT2D eigenvalue weighted by Crippen LogP contribution is -2.48. The van der Waals surface area contributed by atoms with E-state index in [4.69, 9.17) is 4.98 Å². The van der Waals surface area contributed by atoms with Gasteiger partial charge in [0.15, 0.2) is 0 Å². The Kier molecular flexibility index (Phi) is 7.39. The van der Waals surface area contributed by atoms with E-state index in [1.54, 1.807) is 11.3 Å². The molecule has 0 unspecified atom stereocenters. The van der Waals surface area contributed by atoms with Crippen LogP contribution in [0.15, 0.2) is 48.5 Å². The van der Waals surface area contributed by atoms with Gasteiger partial charge >= 0.3 is 0 Å². The van der Waals surface area contributed by atoms with Gasteiger partial charge in [0, 0.05) is 63.7 Å². The van der Waals surface area contributed by atoms with E-state index in [1.807, 2.05) is 18.2 Å². The molecule has 5 rings (SSSR count). The van der Waals surface area contributed by atoms with Gasteiger partial charge in [-0.15, -0.1) is 11.3 Å². The maximum absolute atomic E-state index is 12.6. The first-order valence-corrected chi connectivity index (χ1v) is 13.1. The fourth-order valence-corrected chi connectivity index (χ4v) is 5.78. The van der Waals surface area contributed by atoms with Crippen molar-refractivity contribution >= 4 is 38.8 Å². The summed E-state index contributed by atoms with van der Waals surface area (Å²) in [4.78, 5) is 27.0. The zero-order chi connectivity index (χ0) is 23.3. The third kappa shape index (κ3) is 5.75.